The van der Waals surface area contributed by atoms with Crippen LogP contribution in [-0.4, -0.2) is 39.3 Å². The number of hydrogen-bond donors (Lipinski definition) is 1. The molecule has 117 valence electrons. The molecule has 1 radical (unpaired) electrons. The van der Waals surface area contributed by atoms with Crippen molar-refractivity contribution in [3.63, 3.8) is 0 Å². The number of H-pyrrole nitrogens is 1. The van der Waals surface area contributed by atoms with Gasteiger partial charge >= 0.3 is 0 Å². The summed E-state index contributed by atoms with van der Waals surface area (Å²) >= 11 is 0. The van der Waals surface area contributed by atoms with Crippen molar-refractivity contribution in [3.05, 3.63) is 30.0 Å². The lowest BCUT2D eigenvalue weighted by Gasteiger charge is -2.11. The first kappa shape index (κ1) is 14.0. The molecule has 0 amide bonds. The Hall–Kier alpha value is -2.67. The van der Waals surface area contributed by atoms with Gasteiger partial charge in [0.15, 0.2) is 17.3 Å². The molecule has 1 aliphatic heterocycles. The molecule has 7 heteroatoms. The van der Waals surface area contributed by atoms with Crippen molar-refractivity contribution in [2.24, 2.45) is 0 Å². The summed E-state index contributed by atoms with van der Waals surface area (Å²) in [5, 5.41) is 0. The highest BCUT2D eigenvalue weighted by molar-refractivity contribution is 5.80. The van der Waals surface area contributed by atoms with Crippen LogP contribution in [0.3, 0.4) is 0 Å². The van der Waals surface area contributed by atoms with Crippen LogP contribution in [0.1, 0.15) is 12.0 Å². The smallest absolute Gasteiger partial charge is 0.233 e. The summed E-state index contributed by atoms with van der Waals surface area (Å²) in [6.07, 6.45) is 2.30. The molecule has 2 aromatic heterocycles. The Labute approximate surface area is 132 Å². The fourth-order valence-corrected chi connectivity index (χ4v) is 2.61. The summed E-state index contributed by atoms with van der Waals surface area (Å²) in [5.41, 5.74) is 11.3. The van der Waals surface area contributed by atoms with Crippen molar-refractivity contribution < 1.29 is 9.47 Å². The molecule has 1 saturated heterocycles. The fourth-order valence-electron chi connectivity index (χ4n) is 2.61. The fraction of sp³-hybridized carbons (Fsp3) is 0.312. The summed E-state index contributed by atoms with van der Waals surface area (Å²) in [6, 6.07) is 5.96. The van der Waals surface area contributed by atoms with Crippen LogP contribution in [0.4, 0.5) is 5.82 Å². The molecule has 0 bridgehead atoms. The number of ether oxygens (including phenoxy) is 2. The molecular formula is C16H16N5O2. The zero-order chi connectivity index (χ0) is 15.8. The van der Waals surface area contributed by atoms with Gasteiger partial charge in [-0.05, 0) is 24.6 Å². The van der Waals surface area contributed by atoms with Crippen LogP contribution in [-0.2, 0) is 4.74 Å². The van der Waals surface area contributed by atoms with Crippen LogP contribution in [0.2, 0.25) is 0 Å². The van der Waals surface area contributed by atoms with Gasteiger partial charge < -0.3 is 14.5 Å². The van der Waals surface area contributed by atoms with Gasteiger partial charge in [0.2, 0.25) is 5.88 Å². The predicted octanol–water partition coefficient (Wildman–Crippen LogP) is 2.41. The quantitative estimate of drug-likeness (QED) is 0.801. The Bertz CT molecular complexity index is 855. The summed E-state index contributed by atoms with van der Waals surface area (Å²) in [5.74, 6) is 0.982. The van der Waals surface area contributed by atoms with Gasteiger partial charge in [-0.25, -0.2) is 15.0 Å². The number of nitrogens with one attached hydrogen (secondary N) is 2. The van der Waals surface area contributed by atoms with Crippen LogP contribution >= 0.6 is 0 Å². The van der Waals surface area contributed by atoms with E-state index in [9.17, 15) is 0 Å². The zero-order valence-electron chi connectivity index (χ0n) is 12.7. The van der Waals surface area contributed by atoms with Gasteiger partial charge in [-0.3, -0.25) is 5.73 Å². The minimum Gasteiger partial charge on any atom is -0.471 e. The third-order valence-corrected chi connectivity index (χ3v) is 3.79. The first-order valence-electron chi connectivity index (χ1n) is 7.49. The number of nitrogens with zero attached hydrogens (tertiary/aromatic N) is 3. The lowest BCUT2D eigenvalue weighted by molar-refractivity contribution is 0.138. The van der Waals surface area contributed by atoms with Gasteiger partial charge in [0.25, 0.3) is 0 Å². The lowest BCUT2D eigenvalue weighted by atomic mass is 10.2. The molecule has 23 heavy (non-hydrogen) atoms. The molecule has 1 aromatic carbocycles. The number of fused-ring (bicyclic) bond motifs is 1. The molecule has 1 atom stereocenters. The maximum absolute atomic E-state index is 7.99. The molecule has 0 saturated carbocycles. The maximum Gasteiger partial charge on any atom is 0.233 e. The molecule has 2 N–H and O–H groups in total. The van der Waals surface area contributed by atoms with Gasteiger partial charge in [0.05, 0.1) is 30.4 Å². The van der Waals surface area contributed by atoms with Crippen molar-refractivity contribution in [1.29, 1.82) is 0 Å². The van der Waals surface area contributed by atoms with Crippen molar-refractivity contribution in [1.82, 2.24) is 25.7 Å². The van der Waals surface area contributed by atoms with Crippen LogP contribution in [0.5, 0.6) is 5.88 Å². The minimum atomic E-state index is -0.00736. The van der Waals surface area contributed by atoms with E-state index in [2.05, 4.69) is 19.9 Å². The molecular weight excluding hydrogens is 294 g/mol. The van der Waals surface area contributed by atoms with E-state index in [0.717, 1.165) is 23.0 Å². The average Bonchev–Trinajstić information content (AvgIpc) is 3.18. The minimum absolute atomic E-state index is 0.00736. The van der Waals surface area contributed by atoms with Crippen molar-refractivity contribution in [2.45, 2.75) is 19.4 Å². The third kappa shape index (κ3) is 2.70. The van der Waals surface area contributed by atoms with Gasteiger partial charge in [-0.1, -0.05) is 6.07 Å². The van der Waals surface area contributed by atoms with Gasteiger partial charge in [0.1, 0.15) is 6.10 Å². The molecule has 7 nitrogen and oxygen atoms in total. The van der Waals surface area contributed by atoms with Gasteiger partial charge in [0, 0.05) is 6.42 Å². The lowest BCUT2D eigenvalue weighted by Crippen LogP contribution is -2.16. The summed E-state index contributed by atoms with van der Waals surface area (Å²) in [7, 11) is 0. The number of imidazole rings is 1. The van der Waals surface area contributed by atoms with E-state index in [1.165, 1.54) is 6.20 Å². The second kappa shape index (κ2) is 5.51. The van der Waals surface area contributed by atoms with Crippen LogP contribution in [0.15, 0.2) is 24.4 Å². The summed E-state index contributed by atoms with van der Waals surface area (Å²) in [6.45, 7) is 3.28. The molecule has 3 heterocycles. The average molecular weight is 310 g/mol. The highest BCUT2D eigenvalue weighted by Crippen LogP contribution is 2.26. The van der Waals surface area contributed by atoms with Crippen LogP contribution in [0.25, 0.3) is 22.6 Å². The summed E-state index contributed by atoms with van der Waals surface area (Å²) in [4.78, 5) is 16.2. The number of aromatic amines is 1. The second-order valence-corrected chi connectivity index (χ2v) is 5.61. The van der Waals surface area contributed by atoms with E-state index in [4.69, 9.17) is 15.2 Å². The third-order valence-electron chi connectivity index (χ3n) is 3.79. The highest BCUT2D eigenvalue weighted by atomic mass is 16.5. The number of hydrogen-bond acceptors (Lipinski definition) is 5. The second-order valence-electron chi connectivity index (χ2n) is 5.61. The van der Waals surface area contributed by atoms with Crippen LogP contribution in [0, 0.1) is 6.92 Å². The Morgan fingerprint density at radius 2 is 2.26 bits per heavy atom. The normalized spacial score (nSPS) is 17.7. The van der Waals surface area contributed by atoms with E-state index in [-0.39, 0.29) is 11.9 Å². The number of aryl methyl sites for hydroxylation is 1. The largest absolute Gasteiger partial charge is 0.471 e. The van der Waals surface area contributed by atoms with E-state index >= 15 is 0 Å². The Morgan fingerprint density at radius 1 is 1.35 bits per heavy atom. The maximum atomic E-state index is 7.99. The van der Waals surface area contributed by atoms with Gasteiger partial charge in [-0.2, -0.15) is 0 Å². The monoisotopic (exact) mass is 310 g/mol. The topological polar surface area (TPSA) is 96.7 Å². The SMILES string of the molecule is Cc1ccc2nc(-c3nc(OC4CCOC4)cnc3[NH])[nH]c2c1. The molecule has 3 aromatic rings. The Balaban J connectivity index is 1.70. The molecule has 0 spiro atoms. The van der Waals surface area contributed by atoms with Crippen LogP contribution < -0.4 is 10.5 Å². The van der Waals surface area contributed by atoms with E-state index in [0.29, 0.717) is 30.6 Å². The van der Waals surface area contributed by atoms with Gasteiger partial charge in [-0.15, -0.1) is 0 Å². The highest BCUT2D eigenvalue weighted by Gasteiger charge is 2.19. The number of aromatic nitrogens is 4. The first-order chi connectivity index (χ1) is 11.2. The van der Waals surface area contributed by atoms with Crippen molar-refractivity contribution in [2.75, 3.05) is 13.2 Å². The first-order valence-corrected chi connectivity index (χ1v) is 7.49. The molecule has 0 aliphatic carbocycles. The molecule has 1 fully saturated rings. The number of benzene rings is 1. The molecule has 4 rings (SSSR count). The zero-order valence-corrected chi connectivity index (χ0v) is 12.7. The van der Waals surface area contributed by atoms with E-state index < -0.39 is 0 Å². The van der Waals surface area contributed by atoms with Crippen molar-refractivity contribution in [3.8, 4) is 17.4 Å². The van der Waals surface area contributed by atoms with Crippen molar-refractivity contribution >= 4 is 16.9 Å². The molecule has 1 aliphatic rings. The number of rotatable bonds is 3. The molecule has 1 unspecified atom stereocenters. The Kier molecular flexibility index (Phi) is 3.34. The van der Waals surface area contributed by atoms with E-state index in [1.807, 2.05) is 25.1 Å². The standard InChI is InChI=1S/C16H16N5O2/c1-9-2-3-11-12(6-9)20-16(19-11)14-15(17)18-7-13(21-14)23-10-4-5-22-8-10/h2-3,6-7,10,17H,4-5,8H2,1H3,(H,19,20). The van der Waals surface area contributed by atoms with E-state index in [1.54, 1.807) is 0 Å². The predicted molar refractivity (Wildman–Crippen MR) is 84.5 cm³/mol. The Morgan fingerprint density at radius 3 is 3.09 bits per heavy atom. The summed E-state index contributed by atoms with van der Waals surface area (Å²) < 4.78 is 11.1.